The van der Waals surface area contributed by atoms with Gasteiger partial charge >= 0.3 is 5.97 Å². The summed E-state index contributed by atoms with van der Waals surface area (Å²) in [5.74, 6) is -0.582. The van der Waals surface area contributed by atoms with Crippen LogP contribution < -0.4 is 5.32 Å². The third-order valence-corrected chi connectivity index (χ3v) is 3.27. The summed E-state index contributed by atoms with van der Waals surface area (Å²) >= 11 is 1.45. The van der Waals surface area contributed by atoms with Gasteiger partial charge in [0.2, 0.25) is 0 Å². The van der Waals surface area contributed by atoms with Gasteiger partial charge in [0.15, 0.2) is 0 Å². The molecular formula is C11H13N3O6S. The van der Waals surface area contributed by atoms with Crippen LogP contribution in [0.3, 0.4) is 0 Å². The quantitative estimate of drug-likeness (QED) is 0.550. The van der Waals surface area contributed by atoms with Gasteiger partial charge < -0.3 is 10.4 Å². The maximum atomic E-state index is 11.1. The molecule has 0 bridgehead atoms. The molecule has 1 rings (SSSR count). The van der Waals surface area contributed by atoms with Crippen LogP contribution in [-0.2, 0) is 4.79 Å². The summed E-state index contributed by atoms with van der Waals surface area (Å²) in [6.45, 7) is 0. The third kappa shape index (κ3) is 4.60. The van der Waals surface area contributed by atoms with Gasteiger partial charge in [-0.3, -0.25) is 20.2 Å². The molecule has 0 heterocycles. The van der Waals surface area contributed by atoms with E-state index in [2.05, 4.69) is 5.32 Å². The highest BCUT2D eigenvalue weighted by atomic mass is 32.2. The molecule has 0 radical (unpaired) electrons. The smallest absolute Gasteiger partial charge is 0.326 e. The van der Waals surface area contributed by atoms with E-state index in [0.29, 0.717) is 5.75 Å². The predicted molar refractivity (Wildman–Crippen MR) is 77.8 cm³/mol. The molecule has 1 atom stereocenters. The number of nitro benzene ring substituents is 2. The van der Waals surface area contributed by atoms with E-state index < -0.39 is 33.2 Å². The number of anilines is 1. The molecule has 0 saturated heterocycles. The van der Waals surface area contributed by atoms with Gasteiger partial charge in [0.25, 0.3) is 11.4 Å². The summed E-state index contributed by atoms with van der Waals surface area (Å²) in [4.78, 5) is 31.2. The van der Waals surface area contributed by atoms with E-state index in [1.54, 1.807) is 0 Å². The molecule has 9 nitrogen and oxygen atoms in total. The number of hydrogen-bond donors (Lipinski definition) is 2. The Balaban J connectivity index is 3.07. The summed E-state index contributed by atoms with van der Waals surface area (Å²) < 4.78 is 0. The Morgan fingerprint density at radius 3 is 2.52 bits per heavy atom. The molecule has 0 aromatic heterocycles. The van der Waals surface area contributed by atoms with Crippen molar-refractivity contribution in [1.82, 2.24) is 0 Å². The summed E-state index contributed by atoms with van der Waals surface area (Å²) in [5, 5.41) is 33.2. The molecule has 0 amide bonds. The first-order valence-corrected chi connectivity index (χ1v) is 7.17. The zero-order chi connectivity index (χ0) is 16.0. The normalized spacial score (nSPS) is 11.7. The number of non-ortho nitro benzene ring substituents is 1. The van der Waals surface area contributed by atoms with Gasteiger partial charge in [-0.25, -0.2) is 4.79 Å². The zero-order valence-corrected chi connectivity index (χ0v) is 11.8. The number of aliphatic carboxylic acids is 1. The van der Waals surface area contributed by atoms with E-state index in [0.717, 1.165) is 18.2 Å². The van der Waals surface area contributed by atoms with Crippen LogP contribution in [0.25, 0.3) is 0 Å². The lowest BCUT2D eigenvalue weighted by atomic mass is 10.2. The number of hydrogen-bond acceptors (Lipinski definition) is 7. The highest BCUT2D eigenvalue weighted by Gasteiger charge is 2.24. The summed E-state index contributed by atoms with van der Waals surface area (Å²) in [6, 6.07) is 2.03. The number of carbonyl (C=O) groups is 1. The molecule has 0 unspecified atom stereocenters. The predicted octanol–water partition coefficient (Wildman–Crippen LogP) is 2.12. The SMILES string of the molecule is CSCC[C@@H](Nc1ccc([N+](=O)[O-])cc1[N+](=O)[O-])C(=O)O. The van der Waals surface area contributed by atoms with Crippen molar-refractivity contribution < 1.29 is 19.7 Å². The average Bonchev–Trinajstić information content (AvgIpc) is 2.42. The van der Waals surface area contributed by atoms with Gasteiger partial charge in [-0.1, -0.05) is 0 Å². The average molecular weight is 315 g/mol. The molecule has 0 aliphatic rings. The van der Waals surface area contributed by atoms with Crippen molar-refractivity contribution in [3.8, 4) is 0 Å². The van der Waals surface area contributed by atoms with E-state index in [1.165, 1.54) is 11.8 Å². The Hall–Kier alpha value is -2.36. The molecule has 0 aliphatic heterocycles. The van der Waals surface area contributed by atoms with Crippen molar-refractivity contribution in [3.05, 3.63) is 38.4 Å². The van der Waals surface area contributed by atoms with Crippen LogP contribution in [0.2, 0.25) is 0 Å². The highest BCUT2D eigenvalue weighted by Crippen LogP contribution is 2.29. The lowest BCUT2D eigenvalue weighted by Crippen LogP contribution is -2.30. The fourth-order valence-corrected chi connectivity index (χ4v) is 2.06. The largest absolute Gasteiger partial charge is 0.480 e. The molecular weight excluding hydrogens is 302 g/mol. The van der Waals surface area contributed by atoms with Crippen LogP contribution in [0, 0.1) is 20.2 Å². The number of carboxylic acid groups (broad SMARTS) is 1. The summed E-state index contributed by atoms with van der Waals surface area (Å²) in [6.07, 6.45) is 2.08. The van der Waals surface area contributed by atoms with Gasteiger partial charge in [-0.15, -0.1) is 0 Å². The highest BCUT2D eigenvalue weighted by molar-refractivity contribution is 7.98. The fraction of sp³-hybridized carbons (Fsp3) is 0.364. The van der Waals surface area contributed by atoms with Crippen molar-refractivity contribution in [1.29, 1.82) is 0 Å². The first-order valence-electron chi connectivity index (χ1n) is 5.78. The van der Waals surface area contributed by atoms with E-state index in [-0.39, 0.29) is 12.1 Å². The van der Waals surface area contributed by atoms with E-state index in [9.17, 15) is 25.0 Å². The topological polar surface area (TPSA) is 136 Å². The van der Waals surface area contributed by atoms with Crippen LogP contribution in [0.5, 0.6) is 0 Å². The molecule has 1 aromatic carbocycles. The molecule has 114 valence electrons. The minimum atomic E-state index is -1.14. The second-order valence-corrected chi connectivity index (χ2v) is 5.02. The molecule has 2 N–H and O–H groups in total. The molecule has 21 heavy (non-hydrogen) atoms. The Bertz CT molecular complexity index is 565. The minimum absolute atomic E-state index is 0.0564. The second kappa shape index (κ2) is 7.43. The van der Waals surface area contributed by atoms with Gasteiger partial charge in [0.05, 0.1) is 15.9 Å². The van der Waals surface area contributed by atoms with Gasteiger partial charge in [-0.2, -0.15) is 11.8 Å². The minimum Gasteiger partial charge on any atom is -0.480 e. The van der Waals surface area contributed by atoms with Crippen LogP contribution in [0.1, 0.15) is 6.42 Å². The van der Waals surface area contributed by atoms with Crippen LogP contribution in [-0.4, -0.2) is 39.0 Å². The number of nitrogens with zero attached hydrogens (tertiary/aromatic N) is 2. The molecule has 0 spiro atoms. The number of carboxylic acids is 1. The maximum Gasteiger partial charge on any atom is 0.326 e. The third-order valence-electron chi connectivity index (χ3n) is 2.63. The van der Waals surface area contributed by atoms with Crippen molar-refractivity contribution >= 4 is 34.8 Å². The van der Waals surface area contributed by atoms with Crippen molar-refractivity contribution in [2.24, 2.45) is 0 Å². The molecule has 0 aliphatic carbocycles. The lowest BCUT2D eigenvalue weighted by Gasteiger charge is -2.15. The first kappa shape index (κ1) is 16.7. The van der Waals surface area contributed by atoms with Crippen molar-refractivity contribution in [2.75, 3.05) is 17.3 Å². The molecule has 1 aromatic rings. The molecule has 0 saturated carbocycles. The van der Waals surface area contributed by atoms with Gasteiger partial charge in [0.1, 0.15) is 11.7 Å². The van der Waals surface area contributed by atoms with Crippen LogP contribution in [0.15, 0.2) is 18.2 Å². The van der Waals surface area contributed by atoms with E-state index >= 15 is 0 Å². The number of thioether (sulfide) groups is 1. The van der Waals surface area contributed by atoms with Crippen molar-refractivity contribution in [3.63, 3.8) is 0 Å². The standard InChI is InChI=1S/C11H13N3O6S/c1-21-5-4-9(11(15)16)12-8-3-2-7(13(17)18)6-10(8)14(19)20/h2-3,6,9,12H,4-5H2,1H3,(H,15,16)/t9-/m1/s1. The Morgan fingerprint density at radius 1 is 1.38 bits per heavy atom. The Kier molecular flexibility index (Phi) is 5.91. The van der Waals surface area contributed by atoms with Gasteiger partial charge in [-0.05, 0) is 24.5 Å². The van der Waals surface area contributed by atoms with E-state index in [4.69, 9.17) is 5.11 Å². The van der Waals surface area contributed by atoms with Crippen molar-refractivity contribution in [2.45, 2.75) is 12.5 Å². The summed E-state index contributed by atoms with van der Waals surface area (Å²) in [5.41, 5.74) is -1.01. The monoisotopic (exact) mass is 315 g/mol. The Morgan fingerprint density at radius 2 is 2.05 bits per heavy atom. The molecule has 10 heteroatoms. The number of nitrogens with one attached hydrogen (secondary N) is 1. The Labute approximate surface area is 123 Å². The summed E-state index contributed by atoms with van der Waals surface area (Å²) in [7, 11) is 0. The van der Waals surface area contributed by atoms with Crippen LogP contribution in [0.4, 0.5) is 17.1 Å². The fourth-order valence-electron chi connectivity index (χ4n) is 1.59. The number of nitro groups is 2. The number of benzene rings is 1. The van der Waals surface area contributed by atoms with E-state index in [1.807, 2.05) is 6.26 Å². The van der Waals surface area contributed by atoms with Crippen LogP contribution >= 0.6 is 11.8 Å². The zero-order valence-electron chi connectivity index (χ0n) is 11.0. The maximum absolute atomic E-state index is 11.1. The first-order chi connectivity index (χ1) is 9.86. The second-order valence-electron chi connectivity index (χ2n) is 4.03. The number of rotatable bonds is 8. The van der Waals surface area contributed by atoms with Gasteiger partial charge in [0, 0.05) is 6.07 Å². The molecule has 0 fully saturated rings. The lowest BCUT2D eigenvalue weighted by molar-refractivity contribution is -0.393.